The Bertz CT molecular complexity index is 2450. The number of fused-ring (bicyclic) bond motifs is 13. The third kappa shape index (κ3) is 3.10. The number of hydrogen-bond acceptors (Lipinski definition) is 1. The first kappa shape index (κ1) is 22.4. The summed E-state index contributed by atoms with van der Waals surface area (Å²) in [7, 11) is 0. The first-order valence-electron chi connectivity index (χ1n) is 14.1. The fraction of sp³-hybridized carbons (Fsp3) is 0. The summed E-state index contributed by atoms with van der Waals surface area (Å²) in [6, 6.07) is 50.5. The van der Waals surface area contributed by atoms with Crippen LogP contribution < -0.4 is 0 Å². The van der Waals surface area contributed by atoms with Gasteiger partial charge in [-0.15, -0.1) is 0 Å². The summed E-state index contributed by atoms with van der Waals surface area (Å²) in [6.07, 6.45) is 1.85. The minimum atomic E-state index is 0.982. The average molecular weight is 521 g/mol. The van der Waals surface area contributed by atoms with Crippen molar-refractivity contribution in [3.05, 3.63) is 146 Å². The lowest BCUT2D eigenvalue weighted by atomic mass is 9.88. The van der Waals surface area contributed by atoms with E-state index in [-0.39, 0.29) is 0 Å². The molecule has 0 saturated heterocycles. The highest BCUT2D eigenvalue weighted by Crippen LogP contribution is 2.47. The number of rotatable bonds is 2. The zero-order chi connectivity index (χ0) is 26.9. The molecule has 0 N–H and O–H groups in total. The third-order valence-electron chi connectivity index (χ3n) is 8.60. The first-order chi connectivity index (χ1) is 20.4. The van der Waals surface area contributed by atoms with Crippen molar-refractivity contribution in [2.75, 3.05) is 0 Å². The van der Waals surface area contributed by atoms with Gasteiger partial charge in [0.2, 0.25) is 0 Å². The number of pyridine rings is 1. The first-order valence-corrected chi connectivity index (χ1v) is 14.1. The molecule has 0 saturated carbocycles. The molecule has 2 nitrogen and oxygen atoms in total. The maximum atomic E-state index is 4.56. The van der Waals surface area contributed by atoms with Gasteiger partial charge in [0.05, 0.1) is 16.7 Å². The molecule has 0 aliphatic rings. The predicted octanol–water partition coefficient (Wildman–Crippen LogP) is 10.5. The van der Waals surface area contributed by atoms with Crippen molar-refractivity contribution >= 4 is 64.9 Å². The van der Waals surface area contributed by atoms with Gasteiger partial charge in [-0.1, -0.05) is 109 Å². The van der Waals surface area contributed by atoms with Crippen LogP contribution in [0.2, 0.25) is 0 Å². The molecule has 2 heteroatoms. The molecule has 0 unspecified atom stereocenters. The summed E-state index contributed by atoms with van der Waals surface area (Å²) in [6.45, 7) is 0. The van der Waals surface area contributed by atoms with Crippen molar-refractivity contribution in [2.45, 2.75) is 0 Å². The van der Waals surface area contributed by atoms with Crippen LogP contribution >= 0.6 is 0 Å². The van der Waals surface area contributed by atoms with Crippen LogP contribution in [0.25, 0.3) is 81.8 Å². The molecule has 0 atom stereocenters. The highest BCUT2D eigenvalue weighted by Gasteiger charge is 2.21. The van der Waals surface area contributed by atoms with Crippen LogP contribution in [0.1, 0.15) is 0 Å². The van der Waals surface area contributed by atoms with E-state index in [0.717, 1.165) is 16.9 Å². The molecule has 41 heavy (non-hydrogen) atoms. The topological polar surface area (TPSA) is 17.8 Å². The maximum Gasteiger partial charge on any atom is 0.0701 e. The van der Waals surface area contributed by atoms with E-state index >= 15 is 0 Å². The molecule has 0 aliphatic carbocycles. The second kappa shape index (κ2) is 8.51. The van der Waals surface area contributed by atoms with Gasteiger partial charge in [-0.3, -0.25) is 4.98 Å². The smallest absolute Gasteiger partial charge is 0.0701 e. The van der Waals surface area contributed by atoms with E-state index in [1.807, 2.05) is 18.3 Å². The molecule has 9 rings (SSSR count). The van der Waals surface area contributed by atoms with Gasteiger partial charge in [0, 0.05) is 39.0 Å². The Morgan fingerprint density at radius 3 is 1.59 bits per heavy atom. The van der Waals surface area contributed by atoms with Crippen LogP contribution in [-0.2, 0) is 0 Å². The zero-order valence-corrected chi connectivity index (χ0v) is 22.3. The van der Waals surface area contributed by atoms with Gasteiger partial charge >= 0.3 is 0 Å². The molecule has 0 fully saturated rings. The van der Waals surface area contributed by atoms with E-state index in [1.54, 1.807) is 0 Å². The summed E-state index contributed by atoms with van der Waals surface area (Å²) in [4.78, 5) is 4.56. The summed E-state index contributed by atoms with van der Waals surface area (Å²) >= 11 is 0. The van der Waals surface area contributed by atoms with Gasteiger partial charge in [-0.25, -0.2) is 0 Å². The highest BCUT2D eigenvalue weighted by atomic mass is 15.0. The molecule has 0 bridgehead atoms. The van der Waals surface area contributed by atoms with Crippen molar-refractivity contribution in [3.8, 4) is 16.9 Å². The van der Waals surface area contributed by atoms with Crippen LogP contribution in [0.5, 0.6) is 0 Å². The number of benzene rings is 7. The van der Waals surface area contributed by atoms with Crippen LogP contribution in [0.4, 0.5) is 0 Å². The van der Waals surface area contributed by atoms with E-state index < -0.39 is 0 Å². The molecule has 9 aromatic rings. The third-order valence-corrected chi connectivity index (χ3v) is 8.60. The molecule has 190 valence electrons. The van der Waals surface area contributed by atoms with Crippen LogP contribution in [-0.4, -0.2) is 9.55 Å². The minimum Gasteiger partial charge on any atom is -0.309 e. The minimum absolute atomic E-state index is 0.982. The van der Waals surface area contributed by atoms with E-state index in [9.17, 15) is 0 Å². The highest BCUT2D eigenvalue weighted by molar-refractivity contribution is 6.42. The fourth-order valence-electron chi connectivity index (χ4n) is 6.92. The van der Waals surface area contributed by atoms with Gasteiger partial charge in [0.1, 0.15) is 0 Å². The Labute approximate surface area is 236 Å². The Kier molecular flexibility index (Phi) is 4.64. The molecule has 0 radical (unpaired) electrons. The largest absolute Gasteiger partial charge is 0.309 e. The Balaban J connectivity index is 1.52. The van der Waals surface area contributed by atoms with Crippen LogP contribution in [0.3, 0.4) is 0 Å². The van der Waals surface area contributed by atoms with Gasteiger partial charge in [0.15, 0.2) is 0 Å². The lowest BCUT2D eigenvalue weighted by Gasteiger charge is -2.16. The maximum absolute atomic E-state index is 4.56. The van der Waals surface area contributed by atoms with Crippen LogP contribution in [0.15, 0.2) is 146 Å². The number of nitrogens with zero attached hydrogens (tertiary/aromatic N) is 2. The number of para-hydroxylation sites is 1. The standard InChI is InChI=1S/C39H24N2/c1-3-13-29-27(11-1)28-12-2-4-14-30(28)37-36(29)31-15-5-6-16-32(31)39-38(37)33-17-7-8-19-35(33)41(39)26-22-20-25(21-23-26)34-18-9-10-24-40-34/h1-24H. The second-order valence-electron chi connectivity index (χ2n) is 10.7. The summed E-state index contributed by atoms with van der Waals surface area (Å²) < 4.78 is 2.46. The molecule has 0 spiro atoms. The van der Waals surface area contributed by atoms with Gasteiger partial charge in [-0.2, -0.15) is 0 Å². The van der Waals surface area contributed by atoms with Gasteiger partial charge in [0.25, 0.3) is 0 Å². The lowest BCUT2D eigenvalue weighted by molar-refractivity contribution is 1.19. The van der Waals surface area contributed by atoms with E-state index in [4.69, 9.17) is 0 Å². The fourth-order valence-corrected chi connectivity index (χ4v) is 6.92. The molecule has 2 heterocycles. The Morgan fingerprint density at radius 2 is 0.927 bits per heavy atom. The second-order valence-corrected chi connectivity index (χ2v) is 10.7. The van der Waals surface area contributed by atoms with Crippen molar-refractivity contribution in [1.29, 1.82) is 0 Å². The van der Waals surface area contributed by atoms with Gasteiger partial charge in [-0.05, 0) is 62.6 Å². The number of hydrogen-bond donors (Lipinski definition) is 0. The Hall–Kier alpha value is -5.47. The van der Waals surface area contributed by atoms with Crippen molar-refractivity contribution < 1.29 is 0 Å². The molecule has 7 aromatic carbocycles. The average Bonchev–Trinajstić information content (AvgIpc) is 3.40. The molecule has 0 amide bonds. The summed E-state index contributed by atoms with van der Waals surface area (Å²) in [5, 5.41) is 13.0. The zero-order valence-electron chi connectivity index (χ0n) is 22.3. The summed E-state index contributed by atoms with van der Waals surface area (Å²) in [5.74, 6) is 0. The quantitative estimate of drug-likeness (QED) is 0.207. The monoisotopic (exact) mass is 520 g/mol. The van der Waals surface area contributed by atoms with E-state index in [2.05, 4.69) is 137 Å². The normalized spacial score (nSPS) is 11.9. The molecule has 0 aliphatic heterocycles. The van der Waals surface area contributed by atoms with Crippen molar-refractivity contribution in [3.63, 3.8) is 0 Å². The van der Waals surface area contributed by atoms with Crippen molar-refractivity contribution in [2.24, 2.45) is 0 Å². The number of aromatic nitrogens is 2. The summed E-state index contributed by atoms with van der Waals surface area (Å²) in [5.41, 5.74) is 5.70. The molecule has 2 aromatic heterocycles. The molecular formula is C39H24N2. The predicted molar refractivity (Wildman–Crippen MR) is 174 cm³/mol. The van der Waals surface area contributed by atoms with Gasteiger partial charge < -0.3 is 4.57 Å². The van der Waals surface area contributed by atoms with Crippen LogP contribution in [0, 0.1) is 0 Å². The van der Waals surface area contributed by atoms with E-state index in [1.165, 1.54) is 64.9 Å². The lowest BCUT2D eigenvalue weighted by Crippen LogP contribution is -1.95. The SMILES string of the molecule is c1ccc(-c2ccc(-n3c4ccccc4c4c5c6ccccc6c6ccccc6c5c5ccccc5c43)cc2)nc1. The van der Waals surface area contributed by atoms with E-state index in [0.29, 0.717) is 0 Å². The Morgan fingerprint density at radius 1 is 0.390 bits per heavy atom. The molecular weight excluding hydrogens is 496 g/mol. The van der Waals surface area contributed by atoms with Crippen molar-refractivity contribution in [1.82, 2.24) is 9.55 Å².